The number of aliphatic hydroxyl groups excluding tert-OH is 1. The lowest BCUT2D eigenvalue weighted by Gasteiger charge is -2.32. The van der Waals surface area contributed by atoms with Gasteiger partial charge in [0.2, 0.25) is 5.91 Å². The van der Waals surface area contributed by atoms with E-state index in [9.17, 15) is 4.79 Å². The third-order valence-corrected chi connectivity index (χ3v) is 1.63. The summed E-state index contributed by atoms with van der Waals surface area (Å²) in [5.41, 5.74) is 0. The van der Waals surface area contributed by atoms with E-state index in [2.05, 4.69) is 5.32 Å². The van der Waals surface area contributed by atoms with Crippen LogP contribution in [0.1, 0.15) is 19.8 Å². The summed E-state index contributed by atoms with van der Waals surface area (Å²) < 4.78 is 0. The van der Waals surface area contributed by atoms with Crippen LogP contribution in [0.15, 0.2) is 0 Å². The second-order valence-corrected chi connectivity index (χ2v) is 2.45. The Balaban J connectivity index is 2.21. The molecule has 1 rings (SSSR count). The molecule has 1 fully saturated rings. The van der Waals surface area contributed by atoms with E-state index in [4.69, 9.17) is 5.11 Å². The van der Waals surface area contributed by atoms with Gasteiger partial charge in [0.25, 0.3) is 0 Å². The van der Waals surface area contributed by atoms with Gasteiger partial charge in [-0.2, -0.15) is 0 Å². The maximum atomic E-state index is 10.4. The Bertz CT molecular complexity index is 124. The molecule has 2 N–H and O–H groups in total. The van der Waals surface area contributed by atoms with Gasteiger partial charge in [0.15, 0.2) is 0 Å². The van der Waals surface area contributed by atoms with Crippen LogP contribution < -0.4 is 5.32 Å². The summed E-state index contributed by atoms with van der Waals surface area (Å²) in [5.74, 6) is -0.0567. The van der Waals surface area contributed by atoms with Gasteiger partial charge in [-0.1, -0.05) is 0 Å². The lowest BCUT2D eigenvalue weighted by molar-refractivity contribution is -0.121. The second kappa shape index (κ2) is 2.35. The maximum absolute atomic E-state index is 10.4. The first-order valence-electron chi connectivity index (χ1n) is 3.15. The van der Waals surface area contributed by atoms with Crippen molar-refractivity contribution in [3.63, 3.8) is 0 Å². The van der Waals surface area contributed by atoms with Crippen LogP contribution >= 0.6 is 0 Å². The van der Waals surface area contributed by atoms with E-state index in [0.717, 1.165) is 12.8 Å². The largest absolute Gasteiger partial charge is 0.391 e. The highest BCUT2D eigenvalue weighted by molar-refractivity contribution is 5.73. The van der Waals surface area contributed by atoms with Gasteiger partial charge >= 0.3 is 0 Å². The zero-order chi connectivity index (χ0) is 6.85. The third kappa shape index (κ3) is 1.42. The van der Waals surface area contributed by atoms with Crippen LogP contribution in [0.25, 0.3) is 0 Å². The number of hydrogen-bond donors (Lipinski definition) is 2. The van der Waals surface area contributed by atoms with Gasteiger partial charge in [-0.15, -0.1) is 0 Å². The standard InChI is InChI=1S/C6H11NO2/c1-4(8)7-5-2-3-6(5)9/h5-6,9H,2-3H2,1H3,(H,7,8)/t5-,6+/m1/s1. The molecule has 0 unspecified atom stereocenters. The van der Waals surface area contributed by atoms with Crippen molar-refractivity contribution in [2.45, 2.75) is 31.9 Å². The van der Waals surface area contributed by atoms with Gasteiger partial charge in [-0.3, -0.25) is 4.79 Å². The average Bonchev–Trinajstić information content (AvgIpc) is 1.79. The Kier molecular flexibility index (Phi) is 1.71. The van der Waals surface area contributed by atoms with E-state index in [1.165, 1.54) is 6.92 Å². The highest BCUT2D eigenvalue weighted by atomic mass is 16.3. The van der Waals surface area contributed by atoms with E-state index in [-0.39, 0.29) is 18.1 Å². The van der Waals surface area contributed by atoms with Crippen molar-refractivity contribution >= 4 is 5.91 Å². The van der Waals surface area contributed by atoms with Gasteiger partial charge in [0.1, 0.15) is 0 Å². The van der Waals surface area contributed by atoms with Crippen LogP contribution in [-0.2, 0) is 4.79 Å². The lowest BCUT2D eigenvalue weighted by Crippen LogP contribution is -2.49. The van der Waals surface area contributed by atoms with Crippen molar-refractivity contribution in [3.8, 4) is 0 Å². The molecule has 0 aliphatic heterocycles. The van der Waals surface area contributed by atoms with Crippen molar-refractivity contribution in [1.29, 1.82) is 0 Å². The van der Waals surface area contributed by atoms with Crippen LogP contribution in [0.5, 0.6) is 0 Å². The topological polar surface area (TPSA) is 49.3 Å². The van der Waals surface area contributed by atoms with Gasteiger partial charge in [-0.05, 0) is 12.8 Å². The maximum Gasteiger partial charge on any atom is 0.217 e. The molecule has 1 saturated carbocycles. The molecule has 3 heteroatoms. The first-order valence-corrected chi connectivity index (χ1v) is 3.15. The van der Waals surface area contributed by atoms with Crippen LogP contribution in [0.3, 0.4) is 0 Å². The molecular weight excluding hydrogens is 118 g/mol. The van der Waals surface area contributed by atoms with Gasteiger partial charge in [0, 0.05) is 6.92 Å². The highest BCUT2D eigenvalue weighted by Crippen LogP contribution is 2.18. The summed E-state index contributed by atoms with van der Waals surface area (Å²) >= 11 is 0. The third-order valence-electron chi connectivity index (χ3n) is 1.63. The molecule has 0 spiro atoms. The molecule has 0 aromatic carbocycles. The highest BCUT2D eigenvalue weighted by Gasteiger charge is 2.28. The van der Waals surface area contributed by atoms with Crippen LogP contribution in [-0.4, -0.2) is 23.2 Å². The minimum absolute atomic E-state index is 0.0301. The van der Waals surface area contributed by atoms with Crippen molar-refractivity contribution in [2.24, 2.45) is 0 Å². The first kappa shape index (κ1) is 6.55. The summed E-state index contributed by atoms with van der Waals surface area (Å²) in [6.07, 6.45) is 1.44. The Hall–Kier alpha value is -0.570. The number of carbonyl (C=O) groups is 1. The Morgan fingerprint density at radius 2 is 2.33 bits per heavy atom. The van der Waals surface area contributed by atoms with Crippen molar-refractivity contribution < 1.29 is 9.90 Å². The quantitative estimate of drug-likeness (QED) is 0.508. The fraction of sp³-hybridized carbons (Fsp3) is 0.833. The van der Waals surface area contributed by atoms with Gasteiger partial charge in [-0.25, -0.2) is 0 Å². The van der Waals surface area contributed by atoms with Crippen LogP contribution in [0.2, 0.25) is 0 Å². The van der Waals surface area contributed by atoms with Crippen LogP contribution in [0.4, 0.5) is 0 Å². The monoisotopic (exact) mass is 129 g/mol. The summed E-state index contributed by atoms with van der Waals surface area (Å²) in [6.45, 7) is 1.46. The molecule has 0 saturated heterocycles. The minimum atomic E-state index is -0.297. The van der Waals surface area contributed by atoms with Crippen molar-refractivity contribution in [1.82, 2.24) is 5.32 Å². The molecule has 1 aliphatic carbocycles. The number of nitrogens with one attached hydrogen (secondary N) is 1. The molecule has 1 amide bonds. The van der Waals surface area contributed by atoms with Crippen LogP contribution in [0, 0.1) is 0 Å². The van der Waals surface area contributed by atoms with E-state index >= 15 is 0 Å². The zero-order valence-corrected chi connectivity index (χ0v) is 5.42. The van der Waals surface area contributed by atoms with E-state index in [1.54, 1.807) is 0 Å². The smallest absolute Gasteiger partial charge is 0.217 e. The SMILES string of the molecule is CC(=O)N[C@@H]1CC[C@@H]1O. The van der Waals surface area contributed by atoms with E-state index in [1.807, 2.05) is 0 Å². The zero-order valence-electron chi connectivity index (χ0n) is 5.42. The Morgan fingerprint density at radius 3 is 2.44 bits per heavy atom. The fourth-order valence-electron chi connectivity index (χ4n) is 0.912. The molecule has 52 valence electrons. The molecule has 1 aliphatic rings. The van der Waals surface area contributed by atoms with E-state index < -0.39 is 0 Å². The molecule has 3 nitrogen and oxygen atoms in total. The molecule has 0 radical (unpaired) electrons. The average molecular weight is 129 g/mol. The number of aliphatic hydroxyl groups is 1. The summed E-state index contributed by atoms with van der Waals surface area (Å²) in [6, 6.07) is 0.0301. The second-order valence-electron chi connectivity index (χ2n) is 2.45. The molecule has 9 heavy (non-hydrogen) atoms. The molecule has 0 aromatic heterocycles. The van der Waals surface area contributed by atoms with E-state index in [0.29, 0.717) is 0 Å². The molecule has 2 atom stereocenters. The summed E-state index contributed by atoms with van der Waals surface area (Å²) in [4.78, 5) is 10.4. The number of rotatable bonds is 1. The van der Waals surface area contributed by atoms with Crippen molar-refractivity contribution in [3.05, 3.63) is 0 Å². The number of carbonyl (C=O) groups excluding carboxylic acids is 1. The Labute approximate surface area is 54.1 Å². The normalized spacial score (nSPS) is 33.1. The fourth-order valence-corrected chi connectivity index (χ4v) is 0.912. The summed E-state index contributed by atoms with van der Waals surface area (Å²) in [5, 5.41) is 11.6. The predicted molar refractivity (Wildman–Crippen MR) is 32.8 cm³/mol. The Morgan fingerprint density at radius 1 is 1.67 bits per heavy atom. The molecule has 0 aromatic rings. The molecule has 0 heterocycles. The molecular formula is C6H11NO2. The van der Waals surface area contributed by atoms with Gasteiger partial charge in [0.05, 0.1) is 12.1 Å². The molecule has 0 bridgehead atoms. The predicted octanol–water partition coefficient (Wildman–Crippen LogP) is -0.354. The number of hydrogen-bond acceptors (Lipinski definition) is 2. The van der Waals surface area contributed by atoms with Gasteiger partial charge < -0.3 is 10.4 Å². The lowest BCUT2D eigenvalue weighted by atomic mass is 9.89. The number of amides is 1. The first-order chi connectivity index (χ1) is 4.20. The van der Waals surface area contributed by atoms with Crippen molar-refractivity contribution in [2.75, 3.05) is 0 Å². The summed E-state index contributed by atoms with van der Waals surface area (Å²) in [7, 11) is 0. The minimum Gasteiger partial charge on any atom is -0.391 e.